The van der Waals surface area contributed by atoms with Gasteiger partial charge in [0.1, 0.15) is 76.5 Å². The van der Waals surface area contributed by atoms with Crippen LogP contribution in [0.5, 0.6) is 5.88 Å². The highest BCUT2D eigenvalue weighted by molar-refractivity contribution is 9.11. The minimum atomic E-state index is -4.60. The number of hydrogen-bond acceptors (Lipinski definition) is 25. The number of terminal acetylenes is 1. The van der Waals surface area contributed by atoms with E-state index in [0.29, 0.717) is 76.0 Å². The third kappa shape index (κ3) is 24.9. The molecule has 0 unspecified atom stereocenters. The number of alkyl halides is 3. The Bertz CT molecular complexity index is 7590. The number of ketones is 1. The molecule has 0 N–H and O–H groups in total. The lowest BCUT2D eigenvalue weighted by molar-refractivity contribution is -0.143. The number of imidazole rings is 5. The van der Waals surface area contributed by atoms with Crippen molar-refractivity contribution < 1.29 is 51.3 Å². The fraction of sp³-hybridized carbons (Fsp3) is 0.270. The molecule has 15 aromatic rings. The standard InChI is InChI=1S/C23H24BrN5O2.C23H26BrN5.C22H18BrF3N4O.C22H17BrN4O2.C21H19BrN4O3/c1-28(2)14-16-13-26-23-19(8-10-21(30)31-3)27-22(18-6-4-5-11-25-18)17-12-15(24)7-9-20(17)29(16)23;1-4-7-20-23-26-15-17(11-13-28(2)3)29(23)21-10-9-16(24)14-18(21)22(27-20)19-8-5-6-12-25-19;1-2-14(31)7-8-17-21-28-12-19(22(24,25)26)30(21)18-9-6-13(23)11-15(18)20(29-17)16-5-3-4-10-27-16;1-3-15-13-25-22-18(8-10-20(28)29-2)26-21(17-6-4-5-11-24-17)16-12-14(23)7-9-19(16)27(15)22;1-28-18-12-24-21-16(7-9-19(27)29-2)25-20(15-5-3-4-10-23-15)14-11-13(22)6-8-17(14)26(18)21/h4-7,9,11-13,19H,8,10,14H2,1-3H3;5-6,8-10,12,14-15,20H,4,7,11,13H2,1-3H3;3-6,9-12,17H,2,7-8H2,1H3;1,4-7,9,11-13,18H,8,10H2,2H3;3-6,8,10-12,16H,7,9H2,1-2H3/t19-;20-;17-;18-;16-/m00000/s1. The Morgan fingerprint density at radius 1 is 0.376 bits per heavy atom. The quantitative estimate of drug-likeness (QED) is 0.0276. The molecule has 0 fully saturated rings. The van der Waals surface area contributed by atoms with Crippen molar-refractivity contribution >= 4 is 132 Å². The van der Waals surface area contributed by atoms with E-state index in [-0.39, 0.29) is 85.8 Å². The van der Waals surface area contributed by atoms with Gasteiger partial charge in [0, 0.05) is 145 Å². The van der Waals surface area contributed by atoms with E-state index < -0.39 is 17.9 Å². The molecule has 5 aromatic carbocycles. The summed E-state index contributed by atoms with van der Waals surface area (Å²) < 4.78 is 75.6. The van der Waals surface area contributed by atoms with Gasteiger partial charge in [-0.25, -0.2) is 24.9 Å². The largest absolute Gasteiger partial charge is 0.481 e. The second kappa shape index (κ2) is 49.3. The van der Waals surface area contributed by atoms with Crippen LogP contribution in [0.1, 0.15) is 223 Å². The number of aliphatic imine (C=N–C) groups is 5. The number of rotatable bonds is 26. The Kier molecular flexibility index (Phi) is 35.6. The van der Waals surface area contributed by atoms with Crippen LogP contribution in [0.3, 0.4) is 0 Å². The van der Waals surface area contributed by atoms with Crippen molar-refractivity contribution in [2.45, 2.75) is 134 Å². The summed E-state index contributed by atoms with van der Waals surface area (Å²) in [4.78, 5) is 122. The number of ether oxygens (including phenoxy) is 4. The molecule has 38 heteroatoms. The number of nitrogens with zero attached hydrogens (tertiary/aromatic N) is 22. The van der Waals surface area contributed by atoms with Crippen LogP contribution in [-0.4, -0.2) is 198 Å². The molecule has 10 aromatic heterocycles. The van der Waals surface area contributed by atoms with Crippen molar-refractivity contribution in [2.24, 2.45) is 25.0 Å². The first-order valence-electron chi connectivity index (χ1n) is 48.0. The first-order chi connectivity index (χ1) is 72.1. The molecule has 0 saturated heterocycles. The maximum atomic E-state index is 13.9. The highest BCUT2D eigenvalue weighted by Crippen LogP contribution is 2.45. The molecule has 0 aliphatic carbocycles. The van der Waals surface area contributed by atoms with E-state index in [1.165, 1.54) is 27.0 Å². The molecule has 15 heterocycles. The molecule has 5 aliphatic heterocycles. The number of carbonyl (C=O) groups excluding carboxylic acids is 4. The molecule has 0 bridgehead atoms. The summed E-state index contributed by atoms with van der Waals surface area (Å²) in [5.74, 6) is 5.88. The lowest BCUT2D eigenvalue weighted by Crippen LogP contribution is -2.17. The van der Waals surface area contributed by atoms with Gasteiger partial charge in [-0.1, -0.05) is 136 Å². The molecule has 0 amide bonds. The molecular weight excluding hydrogens is 2230 g/mol. The SMILES string of the molecule is C#Cc1cnc2n1-c1ccc(Br)cc1C(c1ccccn1)=N[C@H]2CCC(=O)OC.CCC(=O)CC[C@@H]1N=C(c2ccccn2)c2cc(Br)ccc2-n2c(C(F)(F)F)cnc21.CCC[C@@H]1N=C(c2ccccn2)c2cc(Br)ccc2-n2c(CCN(C)C)cnc21.COC(=O)CC[C@@H]1N=C(c2ccccn2)c2cc(Br)ccc2-n2c(CN(C)C)cnc21.COC(=O)CC[C@@H]1N=C(c2ccccn2)c2cc(Br)ccc2-n2c(OC)cnc21. The van der Waals surface area contributed by atoms with E-state index in [9.17, 15) is 32.3 Å². The van der Waals surface area contributed by atoms with Gasteiger partial charge in [-0.2, -0.15) is 13.2 Å². The number of benzene rings is 5. The summed E-state index contributed by atoms with van der Waals surface area (Å²) in [7, 11) is 14.0. The van der Waals surface area contributed by atoms with Gasteiger partial charge >= 0.3 is 24.1 Å². The molecule has 30 nitrogen and oxygen atoms in total. The Hall–Kier alpha value is -14.2. The molecule has 5 atom stereocenters. The van der Waals surface area contributed by atoms with E-state index in [4.69, 9.17) is 60.3 Å². The van der Waals surface area contributed by atoms with Gasteiger partial charge in [0.15, 0.2) is 0 Å². The van der Waals surface area contributed by atoms with Gasteiger partial charge in [0.05, 0.1) is 144 Å². The third-order valence-electron chi connectivity index (χ3n) is 24.9. The smallest absolute Gasteiger partial charge is 0.433 e. The third-order valence-corrected chi connectivity index (χ3v) is 27.4. The van der Waals surface area contributed by atoms with Gasteiger partial charge in [-0.3, -0.25) is 91.9 Å². The van der Waals surface area contributed by atoms with Crippen LogP contribution in [0.15, 0.2) is 291 Å². The molecule has 0 saturated carbocycles. The van der Waals surface area contributed by atoms with E-state index in [1.807, 2.05) is 157 Å². The van der Waals surface area contributed by atoms with E-state index in [1.54, 1.807) is 87.6 Å². The minimum absolute atomic E-state index is 0.0105. The van der Waals surface area contributed by atoms with Gasteiger partial charge in [0.2, 0.25) is 5.88 Å². The number of Topliss-reactive ketones (excluding diaryl/α,β-unsaturated/α-hetero) is 1. The van der Waals surface area contributed by atoms with Crippen molar-refractivity contribution in [3.8, 4) is 46.7 Å². The average Bonchev–Trinajstić information content (AvgIpc) is 1.75. The number of aromatic nitrogens is 15. The number of fused-ring (bicyclic) bond motifs is 15. The lowest BCUT2D eigenvalue weighted by Gasteiger charge is -2.17. The number of likely N-dealkylation sites (N-methyl/N-ethyl adjacent to an activating group) is 1. The van der Waals surface area contributed by atoms with Crippen LogP contribution in [0, 0.1) is 12.3 Å². The summed E-state index contributed by atoms with van der Waals surface area (Å²) in [6.07, 6.45) is 23.8. The molecule has 5 aliphatic rings. The normalized spacial score (nSPS) is 15.2. The second-order valence-electron chi connectivity index (χ2n) is 35.4. The highest BCUT2D eigenvalue weighted by Gasteiger charge is 2.42. The maximum Gasteiger partial charge on any atom is 0.433 e. The fourth-order valence-electron chi connectivity index (χ4n) is 18.0. The molecule has 0 radical (unpaired) electrons. The number of halogens is 8. The summed E-state index contributed by atoms with van der Waals surface area (Å²) in [6, 6.07) is 56.2. The number of carbonyl (C=O) groups is 4. The highest BCUT2D eigenvalue weighted by atomic mass is 79.9. The van der Waals surface area contributed by atoms with E-state index in [2.05, 4.69) is 196 Å². The monoisotopic (exact) mass is 2320 g/mol. The van der Waals surface area contributed by atoms with Crippen molar-refractivity contribution in [3.63, 3.8) is 0 Å². The summed E-state index contributed by atoms with van der Waals surface area (Å²) >= 11 is 17.8. The predicted octanol–water partition coefficient (Wildman–Crippen LogP) is 22.2. The van der Waals surface area contributed by atoms with Crippen LogP contribution >= 0.6 is 79.6 Å². The zero-order valence-electron chi connectivity index (χ0n) is 83.1. The lowest BCUT2D eigenvalue weighted by atomic mass is 10.0. The fourth-order valence-corrected chi connectivity index (χ4v) is 19.8. The van der Waals surface area contributed by atoms with Crippen LogP contribution in [0.4, 0.5) is 13.2 Å². The Morgan fingerprint density at radius 2 is 0.691 bits per heavy atom. The molecule has 20 rings (SSSR count). The van der Waals surface area contributed by atoms with Crippen molar-refractivity contribution in [1.29, 1.82) is 0 Å². The second-order valence-corrected chi connectivity index (χ2v) is 40.0. The molecular formula is C111H104Br5F3N22O8. The van der Waals surface area contributed by atoms with Gasteiger partial charge in [-0.05, 0) is 212 Å². The molecule has 149 heavy (non-hydrogen) atoms. The van der Waals surface area contributed by atoms with E-state index >= 15 is 0 Å². The summed E-state index contributed by atoms with van der Waals surface area (Å²) in [6.45, 7) is 5.66. The molecule has 0 spiro atoms. The minimum Gasteiger partial charge on any atom is -0.481 e. The van der Waals surface area contributed by atoms with Crippen molar-refractivity contribution in [2.75, 3.05) is 63.2 Å². The van der Waals surface area contributed by atoms with Gasteiger partial charge in [-0.15, -0.1) is 6.42 Å². The van der Waals surface area contributed by atoms with E-state index in [0.717, 1.165) is 169 Å². The van der Waals surface area contributed by atoms with Gasteiger partial charge in [0.25, 0.3) is 0 Å². The van der Waals surface area contributed by atoms with Gasteiger partial charge < -0.3 is 28.7 Å². The number of methoxy groups -OCH3 is 4. The predicted molar refractivity (Wildman–Crippen MR) is 582 cm³/mol. The number of pyridine rings is 5. The Labute approximate surface area is 901 Å². The first-order valence-corrected chi connectivity index (χ1v) is 52.0. The van der Waals surface area contributed by atoms with Crippen molar-refractivity contribution in [3.05, 3.63) is 375 Å². The van der Waals surface area contributed by atoms with Crippen LogP contribution in [-0.2, 0) is 52.5 Å². The topological polar surface area (TPSA) is 327 Å². The maximum absolute atomic E-state index is 13.9. The van der Waals surface area contributed by atoms with Crippen LogP contribution < -0.4 is 4.74 Å². The van der Waals surface area contributed by atoms with Crippen LogP contribution in [0.2, 0.25) is 0 Å². The summed E-state index contributed by atoms with van der Waals surface area (Å²) in [5.41, 5.74) is 17.9. The zero-order valence-corrected chi connectivity index (χ0v) is 91.0. The van der Waals surface area contributed by atoms with Crippen molar-refractivity contribution in [1.82, 2.24) is 82.5 Å². The number of esters is 3. The Balaban J connectivity index is 0.000000133. The van der Waals surface area contributed by atoms with Crippen LogP contribution in [0.25, 0.3) is 28.4 Å². The Morgan fingerprint density at radius 3 is 1.03 bits per heavy atom. The first kappa shape index (κ1) is 108. The average molecular weight is 2330 g/mol. The number of hydrogen-bond donors (Lipinski definition) is 0. The summed E-state index contributed by atoms with van der Waals surface area (Å²) in [5, 5.41) is 0. The zero-order chi connectivity index (χ0) is 105. The molecule has 762 valence electrons.